The highest BCUT2D eigenvalue weighted by Crippen LogP contribution is 2.33. The molecule has 0 unspecified atom stereocenters. The van der Waals surface area contributed by atoms with Crippen molar-refractivity contribution < 1.29 is 13.9 Å². The Bertz CT molecular complexity index is 1160. The van der Waals surface area contributed by atoms with Crippen molar-refractivity contribution in [3.8, 4) is 5.75 Å². The molecule has 1 amide bonds. The summed E-state index contributed by atoms with van der Waals surface area (Å²) in [5.74, 6) is 1.33. The number of aryl methyl sites for hydroxylation is 2. The zero-order valence-electron chi connectivity index (χ0n) is 17.4. The molecule has 0 spiro atoms. The first kappa shape index (κ1) is 20.8. The number of hydrogen-bond donors (Lipinski definition) is 1. The number of anilines is 1. The van der Waals surface area contributed by atoms with E-state index in [1.165, 1.54) is 0 Å². The summed E-state index contributed by atoms with van der Waals surface area (Å²) in [6.45, 7) is 4.32. The number of benzene rings is 3. The lowest BCUT2D eigenvalue weighted by molar-refractivity contribution is 0.0992. The number of carbonyl (C=O) groups is 1. The Labute approximate surface area is 186 Å². The van der Waals surface area contributed by atoms with E-state index in [-0.39, 0.29) is 18.3 Å². The second kappa shape index (κ2) is 9.58. The van der Waals surface area contributed by atoms with Crippen LogP contribution < -0.4 is 10.1 Å². The van der Waals surface area contributed by atoms with Gasteiger partial charge in [0, 0.05) is 9.79 Å². The average Bonchev–Trinajstić information content (AvgIpc) is 3.23. The molecule has 0 saturated heterocycles. The van der Waals surface area contributed by atoms with Crippen molar-refractivity contribution in [2.45, 2.75) is 30.2 Å². The van der Waals surface area contributed by atoms with Crippen molar-refractivity contribution in [1.82, 2.24) is 0 Å². The van der Waals surface area contributed by atoms with Gasteiger partial charge < -0.3 is 14.5 Å². The predicted molar refractivity (Wildman–Crippen MR) is 124 cm³/mol. The van der Waals surface area contributed by atoms with Crippen LogP contribution >= 0.6 is 11.8 Å². The van der Waals surface area contributed by atoms with Crippen LogP contribution in [0.3, 0.4) is 0 Å². The highest BCUT2D eigenvalue weighted by Gasteiger charge is 2.14. The van der Waals surface area contributed by atoms with Gasteiger partial charge in [0.05, 0.1) is 5.69 Å². The molecule has 0 atom stereocenters. The Morgan fingerprint density at radius 3 is 2.39 bits per heavy atom. The summed E-state index contributed by atoms with van der Waals surface area (Å²) < 4.78 is 11.5. The molecule has 0 radical (unpaired) electrons. The Morgan fingerprint density at radius 2 is 1.61 bits per heavy atom. The van der Waals surface area contributed by atoms with Crippen LogP contribution in [0.25, 0.3) is 0 Å². The Kier molecular flexibility index (Phi) is 6.43. The van der Waals surface area contributed by atoms with Crippen LogP contribution in [0.2, 0.25) is 0 Å². The van der Waals surface area contributed by atoms with Crippen molar-refractivity contribution in [3.05, 3.63) is 108 Å². The number of hydrogen-bond acceptors (Lipinski definition) is 4. The number of furan rings is 1. The minimum absolute atomic E-state index is 0.249. The Balaban J connectivity index is 1.41. The van der Waals surface area contributed by atoms with E-state index in [2.05, 4.69) is 11.4 Å². The Hall–Kier alpha value is -3.44. The standard InChI is InChI=1S/C26H23NO3S/c1-18-14-19(2)16-21(15-18)29-17-20-12-13-24(30-20)26(28)27-23-10-6-7-11-25(23)31-22-8-4-3-5-9-22/h3-16H,17H2,1-2H3,(H,27,28). The molecular formula is C26H23NO3S. The van der Waals surface area contributed by atoms with E-state index in [1.54, 1.807) is 23.9 Å². The zero-order chi connectivity index (χ0) is 21.6. The molecule has 0 saturated carbocycles. The van der Waals surface area contributed by atoms with Crippen molar-refractivity contribution in [2.75, 3.05) is 5.32 Å². The van der Waals surface area contributed by atoms with Gasteiger partial charge in [0.25, 0.3) is 5.91 Å². The van der Waals surface area contributed by atoms with Gasteiger partial charge in [0.2, 0.25) is 0 Å². The third-order valence-corrected chi connectivity index (χ3v) is 5.65. The normalized spacial score (nSPS) is 10.6. The van der Waals surface area contributed by atoms with Crippen LogP contribution in [0, 0.1) is 13.8 Å². The van der Waals surface area contributed by atoms with Gasteiger partial charge in [-0.2, -0.15) is 0 Å². The van der Waals surface area contributed by atoms with Gasteiger partial charge in [-0.1, -0.05) is 48.2 Å². The average molecular weight is 430 g/mol. The number of amides is 1. The van der Waals surface area contributed by atoms with Crippen molar-refractivity contribution >= 4 is 23.4 Å². The molecule has 0 aliphatic heterocycles. The molecule has 0 aliphatic rings. The molecule has 3 aromatic carbocycles. The van der Waals surface area contributed by atoms with E-state index >= 15 is 0 Å². The first-order valence-corrected chi connectivity index (χ1v) is 10.8. The molecule has 31 heavy (non-hydrogen) atoms. The van der Waals surface area contributed by atoms with Crippen molar-refractivity contribution in [1.29, 1.82) is 0 Å². The SMILES string of the molecule is Cc1cc(C)cc(OCc2ccc(C(=O)Nc3ccccc3Sc3ccccc3)o2)c1. The quantitative estimate of drug-likeness (QED) is 0.348. The van der Waals surface area contributed by atoms with Gasteiger partial charge in [-0.3, -0.25) is 4.79 Å². The molecule has 1 aromatic heterocycles. The van der Waals surface area contributed by atoms with Crippen LogP contribution in [0.15, 0.2) is 99.1 Å². The summed E-state index contributed by atoms with van der Waals surface area (Å²) in [5, 5.41) is 2.95. The summed E-state index contributed by atoms with van der Waals surface area (Å²) in [6, 6.07) is 27.3. The van der Waals surface area contributed by atoms with Gasteiger partial charge in [-0.15, -0.1) is 0 Å². The van der Waals surface area contributed by atoms with E-state index < -0.39 is 0 Å². The third kappa shape index (κ3) is 5.58. The minimum Gasteiger partial charge on any atom is -0.486 e. The molecule has 0 bridgehead atoms. The molecule has 4 aromatic rings. The molecule has 5 heteroatoms. The van der Waals surface area contributed by atoms with Crippen LogP contribution in [0.1, 0.15) is 27.4 Å². The van der Waals surface area contributed by atoms with Crippen LogP contribution in [-0.2, 0) is 6.61 Å². The van der Waals surface area contributed by atoms with Gasteiger partial charge in [-0.05, 0) is 73.5 Å². The van der Waals surface area contributed by atoms with Gasteiger partial charge in [-0.25, -0.2) is 0 Å². The number of carbonyl (C=O) groups excluding carboxylic acids is 1. The van der Waals surface area contributed by atoms with Gasteiger partial charge in [0.15, 0.2) is 5.76 Å². The van der Waals surface area contributed by atoms with E-state index in [0.29, 0.717) is 5.76 Å². The maximum Gasteiger partial charge on any atom is 0.291 e. The highest BCUT2D eigenvalue weighted by molar-refractivity contribution is 7.99. The summed E-state index contributed by atoms with van der Waals surface area (Å²) in [7, 11) is 0. The van der Waals surface area contributed by atoms with Crippen molar-refractivity contribution in [2.24, 2.45) is 0 Å². The topological polar surface area (TPSA) is 51.5 Å². The first-order chi connectivity index (χ1) is 15.1. The molecule has 4 rings (SSSR count). The second-order valence-electron chi connectivity index (χ2n) is 7.24. The third-order valence-electron chi connectivity index (χ3n) is 4.57. The number of ether oxygens (including phenoxy) is 1. The second-order valence-corrected chi connectivity index (χ2v) is 8.36. The summed E-state index contributed by atoms with van der Waals surface area (Å²) >= 11 is 1.60. The number of nitrogens with one attached hydrogen (secondary N) is 1. The molecule has 1 N–H and O–H groups in total. The molecule has 156 valence electrons. The molecule has 0 fully saturated rings. The lowest BCUT2D eigenvalue weighted by Crippen LogP contribution is -2.11. The molecule has 4 nitrogen and oxygen atoms in total. The fraction of sp³-hybridized carbons (Fsp3) is 0.115. The van der Waals surface area contributed by atoms with E-state index in [1.807, 2.05) is 80.6 Å². The number of rotatable bonds is 7. The monoisotopic (exact) mass is 429 g/mol. The summed E-state index contributed by atoms with van der Waals surface area (Å²) in [5.41, 5.74) is 3.02. The van der Waals surface area contributed by atoms with E-state index in [0.717, 1.165) is 32.4 Å². The highest BCUT2D eigenvalue weighted by atomic mass is 32.2. The van der Waals surface area contributed by atoms with Gasteiger partial charge in [0.1, 0.15) is 18.1 Å². The Morgan fingerprint density at radius 1 is 0.903 bits per heavy atom. The fourth-order valence-corrected chi connectivity index (χ4v) is 4.13. The van der Waals surface area contributed by atoms with Gasteiger partial charge >= 0.3 is 0 Å². The maximum absolute atomic E-state index is 12.7. The van der Waals surface area contributed by atoms with E-state index in [9.17, 15) is 4.79 Å². The van der Waals surface area contributed by atoms with Crippen LogP contribution in [0.4, 0.5) is 5.69 Å². The van der Waals surface area contributed by atoms with Crippen LogP contribution in [0.5, 0.6) is 5.75 Å². The molecule has 0 aliphatic carbocycles. The summed E-state index contributed by atoms with van der Waals surface area (Å²) in [4.78, 5) is 14.8. The lowest BCUT2D eigenvalue weighted by atomic mass is 10.1. The minimum atomic E-state index is -0.293. The smallest absolute Gasteiger partial charge is 0.291 e. The predicted octanol–water partition coefficient (Wildman–Crippen LogP) is 6.88. The fourth-order valence-electron chi connectivity index (χ4n) is 3.21. The maximum atomic E-state index is 12.7. The zero-order valence-corrected chi connectivity index (χ0v) is 18.2. The first-order valence-electron chi connectivity index (χ1n) is 10.00. The largest absolute Gasteiger partial charge is 0.486 e. The summed E-state index contributed by atoms with van der Waals surface area (Å²) in [6.07, 6.45) is 0. The molecular weight excluding hydrogens is 406 g/mol. The van der Waals surface area contributed by atoms with Crippen LogP contribution in [-0.4, -0.2) is 5.91 Å². The van der Waals surface area contributed by atoms with E-state index in [4.69, 9.17) is 9.15 Å². The lowest BCUT2D eigenvalue weighted by Gasteiger charge is -2.10. The molecule has 1 heterocycles. The number of para-hydroxylation sites is 1. The van der Waals surface area contributed by atoms with Crippen molar-refractivity contribution in [3.63, 3.8) is 0 Å².